The number of hydrogen-bond donors (Lipinski definition) is 3. The van der Waals surface area contributed by atoms with E-state index >= 15 is 0 Å². The number of benzene rings is 1. The van der Waals surface area contributed by atoms with Crippen LogP contribution in [0.4, 0.5) is 4.79 Å². The van der Waals surface area contributed by atoms with Gasteiger partial charge in [-0.1, -0.05) is 18.6 Å². The average Bonchev–Trinajstić information content (AvgIpc) is 2.79. The molecule has 0 spiro atoms. The Bertz CT molecular complexity index is 729. The van der Waals surface area contributed by atoms with Gasteiger partial charge in [-0.3, -0.25) is 9.69 Å². The van der Waals surface area contributed by atoms with Crippen molar-refractivity contribution in [2.45, 2.75) is 71.0 Å². The molecular weight excluding hydrogens is 404 g/mol. The van der Waals surface area contributed by atoms with Gasteiger partial charge in [0.2, 0.25) is 5.91 Å². The summed E-state index contributed by atoms with van der Waals surface area (Å²) >= 11 is 0. The van der Waals surface area contributed by atoms with Gasteiger partial charge < -0.3 is 20.7 Å². The van der Waals surface area contributed by atoms with Gasteiger partial charge in [0.15, 0.2) is 0 Å². The minimum Gasteiger partial charge on any atom is -0.497 e. The Morgan fingerprint density at radius 1 is 1.09 bits per heavy atom. The molecule has 0 aromatic heterocycles. The van der Waals surface area contributed by atoms with Crippen molar-refractivity contribution in [3.05, 3.63) is 29.8 Å². The first kappa shape index (κ1) is 24.4. The van der Waals surface area contributed by atoms with Crippen LogP contribution in [0.2, 0.25) is 0 Å². The summed E-state index contributed by atoms with van der Waals surface area (Å²) in [6, 6.07) is 8.41. The predicted octanol–water partition coefficient (Wildman–Crippen LogP) is 3.29. The molecule has 2 aliphatic rings. The third-order valence-corrected chi connectivity index (χ3v) is 6.63. The van der Waals surface area contributed by atoms with Crippen molar-refractivity contribution < 1.29 is 14.3 Å². The van der Waals surface area contributed by atoms with Crippen LogP contribution in [0.5, 0.6) is 5.75 Å². The van der Waals surface area contributed by atoms with Crippen LogP contribution in [-0.2, 0) is 11.3 Å². The number of urea groups is 1. The van der Waals surface area contributed by atoms with Gasteiger partial charge in [0.25, 0.3) is 0 Å². The van der Waals surface area contributed by atoms with Crippen LogP contribution in [-0.4, -0.2) is 55.7 Å². The lowest BCUT2D eigenvalue weighted by molar-refractivity contribution is -0.126. The number of amides is 3. The number of methoxy groups -OCH3 is 1. The van der Waals surface area contributed by atoms with E-state index < -0.39 is 0 Å². The maximum absolute atomic E-state index is 12.4. The van der Waals surface area contributed by atoms with Crippen LogP contribution >= 0.6 is 0 Å². The maximum Gasteiger partial charge on any atom is 0.315 e. The Labute approximate surface area is 192 Å². The molecular formula is C25H40N4O3. The Morgan fingerprint density at radius 3 is 2.47 bits per heavy atom. The molecule has 0 bridgehead atoms. The van der Waals surface area contributed by atoms with E-state index in [2.05, 4.69) is 33.0 Å². The predicted molar refractivity (Wildman–Crippen MR) is 127 cm³/mol. The van der Waals surface area contributed by atoms with Gasteiger partial charge in [0.1, 0.15) is 5.75 Å². The van der Waals surface area contributed by atoms with E-state index in [0.717, 1.165) is 63.9 Å². The number of carbonyl (C=O) groups is 2. The summed E-state index contributed by atoms with van der Waals surface area (Å²) in [5.74, 6) is 1.53. The fraction of sp³-hybridized carbons (Fsp3) is 0.680. The van der Waals surface area contributed by atoms with Gasteiger partial charge in [-0.05, 0) is 82.7 Å². The first-order chi connectivity index (χ1) is 15.4. The zero-order valence-corrected chi connectivity index (χ0v) is 19.9. The Morgan fingerprint density at radius 2 is 1.81 bits per heavy atom. The third kappa shape index (κ3) is 7.69. The summed E-state index contributed by atoms with van der Waals surface area (Å²) in [5, 5.41) is 9.17. The second-order valence-electron chi connectivity index (χ2n) is 9.65. The fourth-order valence-electron chi connectivity index (χ4n) is 4.77. The monoisotopic (exact) mass is 444 g/mol. The molecule has 1 aliphatic carbocycles. The normalized spacial score (nSPS) is 22.4. The number of nitrogens with one attached hydrogen (secondary N) is 3. The zero-order chi connectivity index (χ0) is 22.9. The van der Waals surface area contributed by atoms with E-state index in [-0.39, 0.29) is 29.9 Å². The number of rotatable bonds is 8. The van der Waals surface area contributed by atoms with E-state index in [1.807, 2.05) is 26.0 Å². The molecule has 3 N–H and O–H groups in total. The van der Waals surface area contributed by atoms with E-state index in [4.69, 9.17) is 4.74 Å². The standard InChI is InChI=1S/C25H40N4O3/c1-18(2)27-24(30)21-5-4-6-22(15-21)28-25(31)26-16-19-11-13-29(14-12-19)17-20-7-9-23(32-3)10-8-20/h7-10,18-19,21-22H,4-6,11-17H2,1-3H3,(H,27,30)(H2,26,28,31). The minimum atomic E-state index is -0.0967. The fourth-order valence-corrected chi connectivity index (χ4v) is 4.77. The van der Waals surface area contributed by atoms with Crippen molar-refractivity contribution in [2.24, 2.45) is 11.8 Å². The summed E-state index contributed by atoms with van der Waals surface area (Å²) < 4.78 is 5.23. The zero-order valence-electron chi connectivity index (χ0n) is 19.9. The van der Waals surface area contributed by atoms with Gasteiger partial charge in [0, 0.05) is 31.1 Å². The molecule has 3 amide bonds. The molecule has 7 nitrogen and oxygen atoms in total. The van der Waals surface area contributed by atoms with E-state index in [9.17, 15) is 9.59 Å². The highest BCUT2D eigenvalue weighted by Gasteiger charge is 2.28. The number of nitrogens with zero attached hydrogens (tertiary/aromatic N) is 1. The molecule has 1 heterocycles. The summed E-state index contributed by atoms with van der Waals surface area (Å²) in [4.78, 5) is 27.2. The van der Waals surface area contributed by atoms with Gasteiger partial charge in [-0.15, -0.1) is 0 Å². The molecule has 178 valence electrons. The number of carbonyl (C=O) groups excluding carboxylic acids is 2. The maximum atomic E-state index is 12.4. The van der Waals surface area contributed by atoms with Crippen LogP contribution in [0.1, 0.15) is 57.9 Å². The van der Waals surface area contributed by atoms with Gasteiger partial charge in [-0.25, -0.2) is 4.79 Å². The number of ether oxygens (including phenoxy) is 1. The van der Waals surface area contributed by atoms with E-state index in [1.54, 1.807) is 7.11 Å². The molecule has 1 aliphatic heterocycles. The highest BCUT2D eigenvalue weighted by Crippen LogP contribution is 2.25. The second kappa shape index (κ2) is 12.1. The quantitative estimate of drug-likeness (QED) is 0.575. The molecule has 2 fully saturated rings. The van der Waals surface area contributed by atoms with Crippen LogP contribution in [0.25, 0.3) is 0 Å². The first-order valence-electron chi connectivity index (χ1n) is 12.1. The highest BCUT2D eigenvalue weighted by molar-refractivity contribution is 5.79. The molecule has 2 unspecified atom stereocenters. The number of hydrogen-bond acceptors (Lipinski definition) is 4. The van der Waals surface area contributed by atoms with Crippen LogP contribution in [0.15, 0.2) is 24.3 Å². The number of likely N-dealkylation sites (tertiary alicyclic amines) is 1. The Hall–Kier alpha value is -2.28. The van der Waals surface area contributed by atoms with Crippen molar-refractivity contribution in [2.75, 3.05) is 26.7 Å². The van der Waals surface area contributed by atoms with Gasteiger partial charge in [-0.2, -0.15) is 0 Å². The number of piperidine rings is 1. The average molecular weight is 445 g/mol. The molecule has 1 aromatic rings. The summed E-state index contributed by atoms with van der Waals surface area (Å²) in [6.45, 7) is 7.73. The van der Waals surface area contributed by atoms with Crippen molar-refractivity contribution >= 4 is 11.9 Å². The van der Waals surface area contributed by atoms with Crippen LogP contribution in [0, 0.1) is 11.8 Å². The Balaban J connectivity index is 1.33. The minimum absolute atomic E-state index is 0.00600. The lowest BCUT2D eigenvalue weighted by atomic mass is 9.85. The topological polar surface area (TPSA) is 82.7 Å². The third-order valence-electron chi connectivity index (χ3n) is 6.63. The molecule has 1 saturated heterocycles. The van der Waals surface area contributed by atoms with Crippen LogP contribution < -0.4 is 20.7 Å². The summed E-state index contributed by atoms with van der Waals surface area (Å²) in [7, 11) is 1.69. The first-order valence-corrected chi connectivity index (χ1v) is 12.1. The summed E-state index contributed by atoms with van der Waals surface area (Å²) in [5.41, 5.74) is 1.30. The highest BCUT2D eigenvalue weighted by atomic mass is 16.5. The largest absolute Gasteiger partial charge is 0.497 e. The lowest BCUT2D eigenvalue weighted by Gasteiger charge is -2.32. The Kier molecular flexibility index (Phi) is 9.21. The molecule has 32 heavy (non-hydrogen) atoms. The molecule has 0 radical (unpaired) electrons. The van der Waals surface area contributed by atoms with Crippen molar-refractivity contribution in [1.29, 1.82) is 0 Å². The van der Waals surface area contributed by atoms with Crippen molar-refractivity contribution in [3.63, 3.8) is 0 Å². The second-order valence-corrected chi connectivity index (χ2v) is 9.65. The van der Waals surface area contributed by atoms with Gasteiger partial charge >= 0.3 is 6.03 Å². The van der Waals surface area contributed by atoms with Crippen molar-refractivity contribution in [1.82, 2.24) is 20.9 Å². The summed E-state index contributed by atoms with van der Waals surface area (Å²) in [6.07, 6.45) is 5.76. The van der Waals surface area contributed by atoms with Crippen molar-refractivity contribution in [3.8, 4) is 5.75 Å². The molecule has 7 heteroatoms. The van der Waals surface area contributed by atoms with E-state index in [1.165, 1.54) is 5.56 Å². The van der Waals surface area contributed by atoms with Gasteiger partial charge in [0.05, 0.1) is 7.11 Å². The smallest absolute Gasteiger partial charge is 0.315 e. The van der Waals surface area contributed by atoms with E-state index in [0.29, 0.717) is 12.5 Å². The molecule has 3 rings (SSSR count). The van der Waals surface area contributed by atoms with Crippen LogP contribution in [0.3, 0.4) is 0 Å². The molecule has 1 aromatic carbocycles. The molecule has 1 saturated carbocycles. The molecule has 2 atom stereocenters. The lowest BCUT2D eigenvalue weighted by Crippen LogP contribution is -2.48. The SMILES string of the molecule is COc1ccc(CN2CCC(CNC(=O)NC3CCCC(C(=O)NC(C)C)C3)CC2)cc1.